The predicted molar refractivity (Wildman–Crippen MR) is 109 cm³/mol. The molecule has 7 heteroatoms. The zero-order valence-corrected chi connectivity index (χ0v) is 17.0. The Balaban J connectivity index is 1.97. The summed E-state index contributed by atoms with van der Waals surface area (Å²) < 4.78 is 18.1. The molecule has 0 saturated carbocycles. The fourth-order valence-electron chi connectivity index (χ4n) is 3.22. The highest BCUT2D eigenvalue weighted by molar-refractivity contribution is 5.83. The van der Waals surface area contributed by atoms with Gasteiger partial charge in [0.05, 0.1) is 14.2 Å². The summed E-state index contributed by atoms with van der Waals surface area (Å²) in [5.74, 6) is 1.61. The second-order valence-corrected chi connectivity index (χ2v) is 6.48. The van der Waals surface area contributed by atoms with Crippen molar-refractivity contribution in [2.75, 3.05) is 21.3 Å². The van der Waals surface area contributed by atoms with E-state index in [9.17, 15) is 4.79 Å². The van der Waals surface area contributed by atoms with Crippen LogP contribution in [0.3, 0.4) is 0 Å². The van der Waals surface area contributed by atoms with E-state index in [0.29, 0.717) is 17.3 Å². The Labute approximate surface area is 170 Å². The number of nitrogens with zero attached hydrogens (tertiary/aromatic N) is 2. The van der Waals surface area contributed by atoms with Crippen LogP contribution in [0.25, 0.3) is 0 Å². The maximum atomic E-state index is 13.1. The van der Waals surface area contributed by atoms with Crippen molar-refractivity contribution in [1.29, 1.82) is 0 Å². The summed E-state index contributed by atoms with van der Waals surface area (Å²) in [6, 6.07) is 14.4. The van der Waals surface area contributed by atoms with Crippen molar-refractivity contribution in [2.24, 2.45) is 7.05 Å². The van der Waals surface area contributed by atoms with E-state index in [1.165, 1.54) is 7.11 Å². The average molecular weight is 395 g/mol. The summed E-state index contributed by atoms with van der Waals surface area (Å²) in [5.41, 5.74) is 1.59. The van der Waals surface area contributed by atoms with Gasteiger partial charge in [-0.15, -0.1) is 0 Å². The van der Waals surface area contributed by atoms with Gasteiger partial charge in [0, 0.05) is 26.6 Å². The lowest BCUT2D eigenvalue weighted by molar-refractivity contribution is -0.132. The molecule has 152 valence electrons. The van der Waals surface area contributed by atoms with Gasteiger partial charge in [-0.25, -0.2) is 4.98 Å². The molecule has 2 aromatic carbocycles. The van der Waals surface area contributed by atoms with Gasteiger partial charge in [-0.2, -0.15) is 0 Å². The molecule has 2 unspecified atom stereocenters. The quantitative estimate of drug-likeness (QED) is 0.635. The molecule has 3 aromatic rings. The van der Waals surface area contributed by atoms with E-state index in [1.54, 1.807) is 26.5 Å². The van der Waals surface area contributed by atoms with Gasteiger partial charge in [-0.3, -0.25) is 4.79 Å². The highest BCUT2D eigenvalue weighted by atomic mass is 16.5. The number of aryl methyl sites for hydroxylation is 1. The monoisotopic (exact) mass is 395 g/mol. The minimum Gasteiger partial charge on any atom is -0.493 e. The molecule has 29 heavy (non-hydrogen) atoms. The topological polar surface area (TPSA) is 74.6 Å². The summed E-state index contributed by atoms with van der Waals surface area (Å²) in [6.07, 6.45) is 2.79. The molecule has 0 saturated heterocycles. The molecule has 0 aliphatic heterocycles. The number of imidazole rings is 1. The molecular weight excluding hydrogens is 370 g/mol. The van der Waals surface area contributed by atoms with Crippen LogP contribution < -0.4 is 14.8 Å². The fourth-order valence-corrected chi connectivity index (χ4v) is 3.22. The number of aromatic nitrogens is 2. The number of hydrogen-bond acceptors (Lipinski definition) is 5. The lowest BCUT2D eigenvalue weighted by Crippen LogP contribution is -2.35. The highest BCUT2D eigenvalue weighted by Gasteiger charge is 2.27. The Hall–Kier alpha value is -3.32. The number of carbonyl (C=O) groups excluding carboxylic acids is 1. The summed E-state index contributed by atoms with van der Waals surface area (Å²) in [7, 11) is 6.56. The van der Waals surface area contributed by atoms with E-state index in [0.717, 1.165) is 11.1 Å². The van der Waals surface area contributed by atoms with Crippen LogP contribution in [0.15, 0.2) is 60.9 Å². The highest BCUT2D eigenvalue weighted by Crippen LogP contribution is 2.32. The van der Waals surface area contributed by atoms with E-state index in [1.807, 2.05) is 60.3 Å². The van der Waals surface area contributed by atoms with Crippen LogP contribution in [0.4, 0.5) is 0 Å². The summed E-state index contributed by atoms with van der Waals surface area (Å²) in [5, 5.41) is 3.07. The first kappa shape index (κ1) is 20.4. The van der Waals surface area contributed by atoms with E-state index in [2.05, 4.69) is 10.3 Å². The second kappa shape index (κ2) is 9.25. The zero-order valence-electron chi connectivity index (χ0n) is 17.0. The van der Waals surface area contributed by atoms with E-state index in [4.69, 9.17) is 14.2 Å². The predicted octanol–water partition coefficient (Wildman–Crippen LogP) is 3.03. The van der Waals surface area contributed by atoms with Crippen LogP contribution in [0.5, 0.6) is 11.5 Å². The molecule has 1 N–H and O–H groups in total. The second-order valence-electron chi connectivity index (χ2n) is 6.48. The standard InChI is InChI=1S/C22H25N3O4/c1-25-13-12-23-21(25)19(16-10-11-17(27-2)18(14-16)28-3)24-22(26)20(29-4)15-8-6-5-7-9-15/h5-14,19-20H,1-4H3,(H,24,26). The average Bonchev–Trinajstić information content (AvgIpc) is 3.18. The van der Waals surface area contributed by atoms with Crippen LogP contribution in [0.2, 0.25) is 0 Å². The van der Waals surface area contributed by atoms with Crippen molar-refractivity contribution < 1.29 is 19.0 Å². The molecule has 0 aliphatic rings. The van der Waals surface area contributed by atoms with Crippen LogP contribution in [0, 0.1) is 0 Å². The molecular formula is C22H25N3O4. The normalized spacial score (nSPS) is 12.8. The van der Waals surface area contributed by atoms with Gasteiger partial charge in [0.15, 0.2) is 17.6 Å². The van der Waals surface area contributed by atoms with Gasteiger partial charge < -0.3 is 24.1 Å². The Morgan fingerprint density at radius 3 is 2.31 bits per heavy atom. The molecule has 0 fully saturated rings. The molecule has 7 nitrogen and oxygen atoms in total. The van der Waals surface area contributed by atoms with Gasteiger partial charge in [-0.1, -0.05) is 36.4 Å². The number of ether oxygens (including phenoxy) is 3. The smallest absolute Gasteiger partial charge is 0.254 e. The Kier molecular flexibility index (Phi) is 6.51. The van der Waals surface area contributed by atoms with Crippen molar-refractivity contribution in [3.8, 4) is 11.5 Å². The minimum absolute atomic E-state index is 0.263. The fraction of sp³-hybridized carbons (Fsp3) is 0.273. The first-order valence-corrected chi connectivity index (χ1v) is 9.16. The molecule has 1 amide bonds. The van der Waals surface area contributed by atoms with E-state index in [-0.39, 0.29) is 5.91 Å². The Morgan fingerprint density at radius 1 is 1.00 bits per heavy atom. The lowest BCUT2D eigenvalue weighted by Gasteiger charge is -2.23. The first-order valence-electron chi connectivity index (χ1n) is 9.16. The van der Waals surface area contributed by atoms with Crippen LogP contribution in [-0.2, 0) is 16.6 Å². The summed E-state index contributed by atoms with van der Waals surface area (Å²) >= 11 is 0. The number of rotatable bonds is 8. The summed E-state index contributed by atoms with van der Waals surface area (Å²) in [4.78, 5) is 17.6. The van der Waals surface area contributed by atoms with E-state index < -0.39 is 12.1 Å². The largest absolute Gasteiger partial charge is 0.493 e. The maximum absolute atomic E-state index is 13.1. The third kappa shape index (κ3) is 4.41. The van der Waals surface area contributed by atoms with Crippen molar-refractivity contribution in [1.82, 2.24) is 14.9 Å². The molecule has 3 rings (SSSR count). The molecule has 0 radical (unpaired) electrons. The molecule has 0 aliphatic carbocycles. The van der Waals surface area contributed by atoms with Crippen LogP contribution >= 0.6 is 0 Å². The molecule has 1 heterocycles. The Bertz CT molecular complexity index is 956. The number of benzene rings is 2. The van der Waals surface area contributed by atoms with Crippen molar-refractivity contribution in [3.05, 3.63) is 77.9 Å². The van der Waals surface area contributed by atoms with Gasteiger partial charge >= 0.3 is 0 Å². The lowest BCUT2D eigenvalue weighted by atomic mass is 10.0. The SMILES string of the molecule is COc1ccc(C(NC(=O)C(OC)c2ccccc2)c2nccn2C)cc1OC. The first-order chi connectivity index (χ1) is 14.1. The molecule has 1 aromatic heterocycles. The van der Waals surface area contributed by atoms with Crippen molar-refractivity contribution in [2.45, 2.75) is 12.1 Å². The number of hydrogen-bond donors (Lipinski definition) is 1. The number of nitrogens with one attached hydrogen (secondary N) is 1. The van der Waals surface area contributed by atoms with Crippen LogP contribution in [-0.4, -0.2) is 36.8 Å². The van der Waals surface area contributed by atoms with Gasteiger partial charge in [0.1, 0.15) is 11.9 Å². The van der Waals surface area contributed by atoms with Gasteiger partial charge in [0.2, 0.25) is 0 Å². The number of amides is 1. The van der Waals surface area contributed by atoms with Gasteiger partial charge in [-0.05, 0) is 23.3 Å². The molecule has 0 spiro atoms. The minimum atomic E-state index is -0.737. The maximum Gasteiger partial charge on any atom is 0.254 e. The zero-order chi connectivity index (χ0) is 20.8. The third-order valence-corrected chi connectivity index (χ3v) is 4.72. The summed E-state index contributed by atoms with van der Waals surface area (Å²) in [6.45, 7) is 0. The van der Waals surface area contributed by atoms with Crippen molar-refractivity contribution >= 4 is 5.91 Å². The molecule has 2 atom stereocenters. The third-order valence-electron chi connectivity index (χ3n) is 4.72. The van der Waals surface area contributed by atoms with Crippen LogP contribution in [0.1, 0.15) is 29.1 Å². The Morgan fingerprint density at radius 2 is 1.72 bits per heavy atom. The van der Waals surface area contributed by atoms with Crippen molar-refractivity contribution in [3.63, 3.8) is 0 Å². The van der Waals surface area contributed by atoms with Gasteiger partial charge in [0.25, 0.3) is 5.91 Å². The number of carbonyl (C=O) groups is 1. The number of methoxy groups -OCH3 is 3. The van der Waals surface area contributed by atoms with E-state index >= 15 is 0 Å². The molecule has 0 bridgehead atoms.